The maximum Gasteiger partial charge on any atom is 0.152 e. The van der Waals surface area contributed by atoms with E-state index < -0.39 is 11.6 Å². The molecular weight excluding hydrogens is 308 g/mol. The Morgan fingerprint density at radius 3 is 2.12 bits per heavy atom. The molecule has 4 heteroatoms. The third-order valence-corrected chi connectivity index (χ3v) is 4.31. The van der Waals surface area contributed by atoms with E-state index in [1.807, 2.05) is 32.0 Å². The van der Waals surface area contributed by atoms with Crippen LogP contribution in [0, 0.1) is 11.6 Å². The summed E-state index contributed by atoms with van der Waals surface area (Å²) in [5.74, 6) is -1.04. The molecule has 0 spiro atoms. The number of aldehydes is 1. The Morgan fingerprint density at radius 2 is 1.54 bits per heavy atom. The van der Waals surface area contributed by atoms with E-state index in [2.05, 4.69) is 4.90 Å². The second kappa shape index (κ2) is 8.57. The van der Waals surface area contributed by atoms with E-state index in [9.17, 15) is 13.6 Å². The Balaban J connectivity index is 0.00000100. The molecule has 0 aromatic heterocycles. The molecule has 0 amide bonds. The molecule has 3 rings (SSSR count). The molecule has 2 aromatic rings. The summed E-state index contributed by atoms with van der Waals surface area (Å²) in [5.41, 5.74) is 1.74. The summed E-state index contributed by atoms with van der Waals surface area (Å²) >= 11 is 0. The number of para-hydroxylation sites is 1. The lowest BCUT2D eigenvalue weighted by atomic mass is 9.88. The van der Waals surface area contributed by atoms with Crippen molar-refractivity contribution in [3.8, 4) is 0 Å². The van der Waals surface area contributed by atoms with E-state index >= 15 is 0 Å². The predicted octanol–water partition coefficient (Wildman–Crippen LogP) is 5.19. The average molecular weight is 331 g/mol. The quantitative estimate of drug-likeness (QED) is 0.722. The van der Waals surface area contributed by atoms with Gasteiger partial charge in [-0.05, 0) is 43.0 Å². The minimum Gasteiger partial charge on any atom is -0.371 e. The van der Waals surface area contributed by atoms with Crippen LogP contribution >= 0.6 is 0 Å². The molecule has 2 nitrogen and oxygen atoms in total. The SMILES string of the molecule is CC.O=Cc1ccccc1N1CCC(c2c(F)cccc2F)CC1. The van der Waals surface area contributed by atoms with Crippen molar-refractivity contribution in [2.24, 2.45) is 0 Å². The van der Waals surface area contributed by atoms with Crippen molar-refractivity contribution in [2.75, 3.05) is 18.0 Å². The van der Waals surface area contributed by atoms with Crippen molar-refractivity contribution in [1.82, 2.24) is 0 Å². The minimum atomic E-state index is -0.466. The van der Waals surface area contributed by atoms with Gasteiger partial charge in [0.1, 0.15) is 11.6 Å². The van der Waals surface area contributed by atoms with Crippen molar-refractivity contribution in [3.05, 3.63) is 65.2 Å². The van der Waals surface area contributed by atoms with E-state index in [1.54, 1.807) is 6.07 Å². The van der Waals surface area contributed by atoms with Crippen molar-refractivity contribution in [2.45, 2.75) is 32.6 Å². The van der Waals surface area contributed by atoms with Crippen LogP contribution in [0.15, 0.2) is 42.5 Å². The van der Waals surface area contributed by atoms with Crippen LogP contribution in [-0.2, 0) is 0 Å². The summed E-state index contributed by atoms with van der Waals surface area (Å²) in [6, 6.07) is 11.4. The number of benzene rings is 2. The lowest BCUT2D eigenvalue weighted by molar-refractivity contribution is 0.112. The predicted molar refractivity (Wildman–Crippen MR) is 93.7 cm³/mol. The van der Waals surface area contributed by atoms with E-state index in [1.165, 1.54) is 18.2 Å². The van der Waals surface area contributed by atoms with Gasteiger partial charge in [-0.25, -0.2) is 8.78 Å². The third kappa shape index (κ3) is 3.81. The highest BCUT2D eigenvalue weighted by Crippen LogP contribution is 2.34. The molecule has 0 atom stereocenters. The van der Waals surface area contributed by atoms with Gasteiger partial charge in [-0.15, -0.1) is 0 Å². The standard InChI is InChI=1S/C18H17F2NO.C2H6/c19-15-5-3-6-16(20)18(15)13-8-10-21(11-9-13)17-7-2-1-4-14(17)12-22;1-2/h1-7,12-13H,8-11H2;1-2H3. The molecule has 0 bridgehead atoms. The number of rotatable bonds is 3. The summed E-state index contributed by atoms with van der Waals surface area (Å²) in [7, 11) is 0. The fraction of sp³-hybridized carbons (Fsp3) is 0.350. The molecule has 128 valence electrons. The maximum absolute atomic E-state index is 13.9. The molecule has 1 saturated heterocycles. The Labute approximate surface area is 142 Å². The van der Waals surface area contributed by atoms with Gasteiger partial charge in [0.05, 0.1) is 0 Å². The molecule has 1 aliphatic rings. The van der Waals surface area contributed by atoms with Gasteiger partial charge in [-0.3, -0.25) is 4.79 Å². The largest absolute Gasteiger partial charge is 0.371 e. The topological polar surface area (TPSA) is 20.3 Å². The summed E-state index contributed by atoms with van der Waals surface area (Å²) in [6.45, 7) is 5.37. The number of hydrogen-bond donors (Lipinski definition) is 0. The zero-order valence-electron chi connectivity index (χ0n) is 14.1. The van der Waals surface area contributed by atoms with Gasteiger partial charge < -0.3 is 4.90 Å². The molecule has 0 aliphatic carbocycles. The molecule has 1 aliphatic heterocycles. The molecule has 0 unspecified atom stereocenters. The highest BCUT2D eigenvalue weighted by molar-refractivity contribution is 5.84. The van der Waals surface area contributed by atoms with Crippen molar-refractivity contribution < 1.29 is 13.6 Å². The summed E-state index contributed by atoms with van der Waals surface area (Å²) < 4.78 is 27.7. The van der Waals surface area contributed by atoms with Crippen molar-refractivity contribution >= 4 is 12.0 Å². The van der Waals surface area contributed by atoms with Crippen LogP contribution in [0.3, 0.4) is 0 Å². The second-order valence-electron chi connectivity index (χ2n) is 5.57. The van der Waals surface area contributed by atoms with Crippen LogP contribution in [0.1, 0.15) is 48.5 Å². The first kappa shape index (κ1) is 18.1. The van der Waals surface area contributed by atoms with Gasteiger partial charge in [0.2, 0.25) is 0 Å². The maximum atomic E-state index is 13.9. The number of anilines is 1. The first-order valence-corrected chi connectivity index (χ1v) is 8.43. The van der Waals surface area contributed by atoms with E-state index in [-0.39, 0.29) is 11.5 Å². The number of halogens is 2. The van der Waals surface area contributed by atoms with Crippen LogP contribution in [0.25, 0.3) is 0 Å². The minimum absolute atomic E-state index is 0.110. The van der Waals surface area contributed by atoms with E-state index in [0.29, 0.717) is 31.5 Å². The van der Waals surface area contributed by atoms with Crippen LogP contribution in [0.5, 0.6) is 0 Å². The van der Waals surface area contributed by atoms with Crippen LogP contribution < -0.4 is 4.90 Å². The fourth-order valence-corrected chi connectivity index (χ4v) is 3.18. The van der Waals surface area contributed by atoms with E-state index in [0.717, 1.165) is 12.0 Å². The number of nitrogens with zero attached hydrogens (tertiary/aromatic N) is 1. The highest BCUT2D eigenvalue weighted by Gasteiger charge is 2.26. The van der Waals surface area contributed by atoms with Gasteiger partial charge in [0.25, 0.3) is 0 Å². The fourth-order valence-electron chi connectivity index (χ4n) is 3.18. The van der Waals surface area contributed by atoms with Crippen LogP contribution in [-0.4, -0.2) is 19.4 Å². The molecule has 24 heavy (non-hydrogen) atoms. The number of piperidine rings is 1. The lowest BCUT2D eigenvalue weighted by Crippen LogP contribution is -2.34. The molecule has 0 radical (unpaired) electrons. The molecular formula is C20H23F2NO. The van der Waals surface area contributed by atoms with Crippen LogP contribution in [0.4, 0.5) is 14.5 Å². The first-order chi connectivity index (χ1) is 11.7. The first-order valence-electron chi connectivity index (χ1n) is 8.43. The zero-order valence-corrected chi connectivity index (χ0v) is 14.1. The number of carbonyl (C=O) groups is 1. The Kier molecular flexibility index (Phi) is 6.47. The summed E-state index contributed by atoms with van der Waals surface area (Å²) in [6.07, 6.45) is 2.19. The normalized spacial score (nSPS) is 14.8. The van der Waals surface area contributed by atoms with Gasteiger partial charge in [-0.1, -0.05) is 32.0 Å². The summed E-state index contributed by atoms with van der Waals surface area (Å²) in [5, 5.41) is 0. The Bertz CT molecular complexity index is 659. The smallest absolute Gasteiger partial charge is 0.152 e. The van der Waals surface area contributed by atoms with Gasteiger partial charge in [0, 0.05) is 29.9 Å². The zero-order chi connectivity index (χ0) is 17.5. The molecule has 0 N–H and O–H groups in total. The number of carbonyl (C=O) groups excluding carboxylic acids is 1. The van der Waals surface area contributed by atoms with Crippen molar-refractivity contribution in [3.63, 3.8) is 0 Å². The summed E-state index contributed by atoms with van der Waals surface area (Å²) in [4.78, 5) is 13.2. The van der Waals surface area contributed by atoms with Gasteiger partial charge in [0.15, 0.2) is 6.29 Å². The average Bonchev–Trinajstić information content (AvgIpc) is 2.64. The Hall–Kier alpha value is -2.23. The number of hydrogen-bond acceptors (Lipinski definition) is 2. The van der Waals surface area contributed by atoms with Crippen LogP contribution in [0.2, 0.25) is 0 Å². The van der Waals surface area contributed by atoms with E-state index in [4.69, 9.17) is 0 Å². The third-order valence-electron chi connectivity index (χ3n) is 4.31. The molecule has 1 fully saturated rings. The molecule has 2 aromatic carbocycles. The Morgan fingerprint density at radius 1 is 0.958 bits per heavy atom. The monoisotopic (exact) mass is 331 g/mol. The highest BCUT2D eigenvalue weighted by atomic mass is 19.1. The lowest BCUT2D eigenvalue weighted by Gasteiger charge is -2.34. The molecule has 0 saturated carbocycles. The van der Waals surface area contributed by atoms with Crippen molar-refractivity contribution in [1.29, 1.82) is 0 Å². The second-order valence-corrected chi connectivity index (χ2v) is 5.57. The van der Waals surface area contributed by atoms with Gasteiger partial charge in [-0.2, -0.15) is 0 Å². The van der Waals surface area contributed by atoms with Gasteiger partial charge >= 0.3 is 0 Å². The molecule has 1 heterocycles.